The highest BCUT2D eigenvalue weighted by Crippen LogP contribution is 2.44. The van der Waals surface area contributed by atoms with Gasteiger partial charge in [-0.15, -0.1) is 0 Å². The first kappa shape index (κ1) is 9.98. The van der Waals surface area contributed by atoms with Gasteiger partial charge in [0.2, 0.25) is 11.8 Å². The largest absolute Gasteiger partial charge is 0.358 e. The molecule has 0 aromatic rings. The maximum atomic E-state index is 11.4. The molecule has 0 aromatic carbocycles. The van der Waals surface area contributed by atoms with Gasteiger partial charge in [0.15, 0.2) is 0 Å². The van der Waals surface area contributed by atoms with Crippen molar-refractivity contribution in [2.24, 2.45) is 11.1 Å². The van der Waals surface area contributed by atoms with Crippen LogP contribution in [0.25, 0.3) is 0 Å². The molecule has 0 bridgehead atoms. The lowest BCUT2D eigenvalue weighted by atomic mass is 10.1. The van der Waals surface area contributed by atoms with Gasteiger partial charge in [-0.05, 0) is 12.8 Å². The summed E-state index contributed by atoms with van der Waals surface area (Å²) in [6.07, 6.45) is 1.67. The summed E-state index contributed by atoms with van der Waals surface area (Å²) >= 11 is 0. The van der Waals surface area contributed by atoms with E-state index in [-0.39, 0.29) is 23.8 Å². The molecule has 5 nitrogen and oxygen atoms in total. The quantitative estimate of drug-likeness (QED) is 0.503. The van der Waals surface area contributed by atoms with Crippen molar-refractivity contribution >= 4 is 11.8 Å². The molecule has 4 N–H and O–H groups in total. The Labute approximate surface area is 77.1 Å². The van der Waals surface area contributed by atoms with Crippen molar-refractivity contribution in [1.29, 1.82) is 0 Å². The molecule has 2 amide bonds. The van der Waals surface area contributed by atoms with E-state index >= 15 is 0 Å². The van der Waals surface area contributed by atoms with Gasteiger partial charge in [0.25, 0.3) is 0 Å². The lowest BCUT2D eigenvalue weighted by Gasteiger charge is -2.11. The van der Waals surface area contributed by atoms with Crippen LogP contribution in [0.3, 0.4) is 0 Å². The van der Waals surface area contributed by atoms with Gasteiger partial charge in [0.05, 0.1) is 12.0 Å². The van der Waals surface area contributed by atoms with Crippen LogP contribution in [-0.2, 0) is 9.59 Å². The first-order chi connectivity index (χ1) is 6.14. The zero-order valence-corrected chi connectivity index (χ0v) is 7.72. The lowest BCUT2D eigenvalue weighted by Crippen LogP contribution is -2.41. The number of rotatable bonds is 4. The molecule has 1 saturated carbocycles. The summed E-state index contributed by atoms with van der Waals surface area (Å²) in [6.45, 7) is 0.406. The molecule has 0 heterocycles. The van der Waals surface area contributed by atoms with Crippen molar-refractivity contribution in [1.82, 2.24) is 10.6 Å². The molecule has 0 unspecified atom stereocenters. The van der Waals surface area contributed by atoms with Crippen molar-refractivity contribution in [3.8, 4) is 0 Å². The Morgan fingerprint density at radius 3 is 2.46 bits per heavy atom. The highest BCUT2D eigenvalue weighted by atomic mass is 16.2. The number of hydrogen-bond donors (Lipinski definition) is 3. The third-order valence-corrected chi connectivity index (χ3v) is 2.41. The minimum absolute atomic E-state index is 0.0388. The van der Waals surface area contributed by atoms with Crippen LogP contribution < -0.4 is 16.4 Å². The first-order valence-corrected chi connectivity index (χ1v) is 4.33. The van der Waals surface area contributed by atoms with Crippen LogP contribution in [0.4, 0.5) is 0 Å². The smallest absolute Gasteiger partial charge is 0.239 e. The molecular formula is C8H15N3O2. The molecule has 5 heteroatoms. The molecule has 1 fully saturated rings. The number of likely N-dealkylation sites (N-methyl/N-ethyl adjacent to an activating group) is 1. The Morgan fingerprint density at radius 1 is 1.46 bits per heavy atom. The fourth-order valence-corrected chi connectivity index (χ4v) is 1.11. The summed E-state index contributed by atoms with van der Waals surface area (Å²) in [6, 6.07) is 0. The zero-order valence-electron chi connectivity index (χ0n) is 7.72. The van der Waals surface area contributed by atoms with E-state index in [9.17, 15) is 9.59 Å². The fourth-order valence-electron chi connectivity index (χ4n) is 1.11. The predicted molar refractivity (Wildman–Crippen MR) is 47.8 cm³/mol. The van der Waals surface area contributed by atoms with Crippen LogP contribution in [-0.4, -0.2) is 32.0 Å². The van der Waals surface area contributed by atoms with Gasteiger partial charge in [-0.25, -0.2) is 0 Å². The number of carbonyl (C=O) groups excluding carboxylic acids is 2. The van der Waals surface area contributed by atoms with Crippen LogP contribution in [0.5, 0.6) is 0 Å². The summed E-state index contributed by atoms with van der Waals surface area (Å²) in [5, 5.41) is 4.98. The number of carbonyl (C=O) groups is 2. The Bertz CT molecular complexity index is 223. The highest BCUT2D eigenvalue weighted by molar-refractivity contribution is 5.89. The van der Waals surface area contributed by atoms with Crippen molar-refractivity contribution < 1.29 is 9.59 Å². The molecule has 1 aliphatic rings. The maximum Gasteiger partial charge on any atom is 0.239 e. The normalized spacial score (nSPS) is 17.7. The van der Waals surface area contributed by atoms with Crippen molar-refractivity contribution in [2.45, 2.75) is 12.8 Å². The fraction of sp³-hybridized carbons (Fsp3) is 0.750. The second-order valence-electron chi connectivity index (χ2n) is 3.34. The minimum atomic E-state index is -0.367. The molecule has 0 atom stereocenters. The molecule has 1 rings (SSSR count). The average molecular weight is 185 g/mol. The molecule has 74 valence electrons. The summed E-state index contributed by atoms with van der Waals surface area (Å²) in [4.78, 5) is 22.2. The van der Waals surface area contributed by atoms with Crippen molar-refractivity contribution in [3.05, 3.63) is 0 Å². The minimum Gasteiger partial charge on any atom is -0.358 e. The number of amides is 2. The van der Waals surface area contributed by atoms with Crippen LogP contribution in [0.2, 0.25) is 0 Å². The standard InChI is InChI=1S/C8H15N3O2/c1-10-6(12)4-11-7(13)8(5-9)2-3-8/h2-5,9H2,1H3,(H,10,12)(H,11,13). The summed E-state index contributed by atoms with van der Waals surface area (Å²) in [7, 11) is 1.53. The van der Waals surface area contributed by atoms with Gasteiger partial charge in [0, 0.05) is 13.6 Å². The van der Waals surface area contributed by atoms with Crippen molar-refractivity contribution in [2.75, 3.05) is 20.1 Å². The monoisotopic (exact) mass is 185 g/mol. The summed E-state index contributed by atoms with van der Waals surface area (Å²) < 4.78 is 0. The molecule has 0 aromatic heterocycles. The number of hydrogen-bond acceptors (Lipinski definition) is 3. The Morgan fingerprint density at radius 2 is 2.08 bits per heavy atom. The Kier molecular flexibility index (Phi) is 2.87. The van der Waals surface area contributed by atoms with E-state index in [0.717, 1.165) is 12.8 Å². The van der Waals surface area contributed by atoms with E-state index in [1.165, 1.54) is 7.05 Å². The van der Waals surface area contributed by atoms with E-state index in [4.69, 9.17) is 5.73 Å². The molecule has 0 aliphatic heterocycles. The second-order valence-corrected chi connectivity index (χ2v) is 3.34. The predicted octanol–water partition coefficient (Wildman–Crippen LogP) is -1.41. The molecule has 0 radical (unpaired) electrons. The lowest BCUT2D eigenvalue weighted by molar-refractivity contribution is -0.129. The van der Waals surface area contributed by atoms with Crippen LogP contribution in [0.1, 0.15) is 12.8 Å². The maximum absolute atomic E-state index is 11.4. The van der Waals surface area contributed by atoms with E-state index in [2.05, 4.69) is 10.6 Å². The van der Waals surface area contributed by atoms with Crippen molar-refractivity contribution in [3.63, 3.8) is 0 Å². The number of nitrogens with two attached hydrogens (primary N) is 1. The zero-order chi connectivity index (χ0) is 9.90. The van der Waals surface area contributed by atoms with Gasteiger partial charge < -0.3 is 16.4 Å². The second kappa shape index (κ2) is 3.74. The van der Waals surface area contributed by atoms with E-state index in [0.29, 0.717) is 6.54 Å². The Balaban J connectivity index is 2.30. The van der Waals surface area contributed by atoms with Crippen LogP contribution in [0.15, 0.2) is 0 Å². The average Bonchev–Trinajstić information content (AvgIpc) is 2.94. The van der Waals surface area contributed by atoms with E-state index < -0.39 is 0 Å². The van der Waals surface area contributed by atoms with Gasteiger partial charge in [-0.3, -0.25) is 9.59 Å². The molecule has 0 saturated heterocycles. The molecule has 13 heavy (non-hydrogen) atoms. The van der Waals surface area contributed by atoms with Gasteiger partial charge in [-0.1, -0.05) is 0 Å². The van der Waals surface area contributed by atoms with E-state index in [1.807, 2.05) is 0 Å². The number of nitrogens with one attached hydrogen (secondary N) is 2. The third-order valence-electron chi connectivity index (χ3n) is 2.41. The Hall–Kier alpha value is -1.10. The summed E-state index contributed by atoms with van der Waals surface area (Å²) in [5.74, 6) is -0.292. The first-order valence-electron chi connectivity index (χ1n) is 4.33. The van der Waals surface area contributed by atoms with Gasteiger partial charge in [0.1, 0.15) is 0 Å². The van der Waals surface area contributed by atoms with Crippen LogP contribution >= 0.6 is 0 Å². The highest BCUT2D eigenvalue weighted by Gasteiger charge is 2.48. The SMILES string of the molecule is CNC(=O)CNC(=O)C1(CN)CC1. The van der Waals surface area contributed by atoms with Crippen LogP contribution in [0, 0.1) is 5.41 Å². The van der Waals surface area contributed by atoms with Gasteiger partial charge in [-0.2, -0.15) is 0 Å². The van der Waals surface area contributed by atoms with E-state index in [1.54, 1.807) is 0 Å². The molecular weight excluding hydrogens is 170 g/mol. The topological polar surface area (TPSA) is 84.2 Å². The van der Waals surface area contributed by atoms with Gasteiger partial charge >= 0.3 is 0 Å². The molecule has 0 spiro atoms. The molecule has 1 aliphatic carbocycles. The summed E-state index contributed by atoms with van der Waals surface area (Å²) in [5.41, 5.74) is 5.08. The third kappa shape index (κ3) is 2.18.